The lowest BCUT2D eigenvalue weighted by Crippen LogP contribution is -2.09. The van der Waals surface area contributed by atoms with E-state index in [9.17, 15) is 9.00 Å². The predicted molar refractivity (Wildman–Crippen MR) is 71.6 cm³/mol. The highest BCUT2D eigenvalue weighted by Crippen LogP contribution is 2.17. The molecule has 0 radical (unpaired) electrons. The number of nitrogens with zero attached hydrogens (tertiary/aromatic N) is 2. The molecule has 106 valence electrons. The minimum absolute atomic E-state index is 0.252. The Hall–Kier alpha value is -2.02. The third-order valence-electron chi connectivity index (χ3n) is 2.60. The average molecular weight is 294 g/mol. The summed E-state index contributed by atoms with van der Waals surface area (Å²) in [6, 6.07) is 6.41. The van der Waals surface area contributed by atoms with Crippen molar-refractivity contribution in [1.82, 2.24) is 10.1 Å². The molecule has 2 atom stereocenters. The summed E-state index contributed by atoms with van der Waals surface area (Å²) in [5, 5.41) is 3.64. The second kappa shape index (κ2) is 5.96. The standard InChI is InChI=1S/C13H14N2O4S/c1-8(12-14-9(2)15-19-12)18-13(16)10-4-6-11(7-5-10)20(3)17/h4-8H,1-3H3/t8-,20+/m1/s1. The van der Waals surface area contributed by atoms with E-state index in [-0.39, 0.29) is 5.89 Å². The third-order valence-corrected chi connectivity index (χ3v) is 3.53. The summed E-state index contributed by atoms with van der Waals surface area (Å²) < 4.78 is 21.4. The first kappa shape index (κ1) is 14.4. The first-order chi connectivity index (χ1) is 9.47. The maximum atomic E-state index is 11.9. The number of hydrogen-bond acceptors (Lipinski definition) is 6. The summed E-state index contributed by atoms with van der Waals surface area (Å²) >= 11 is 0. The van der Waals surface area contributed by atoms with Crippen LogP contribution in [0.5, 0.6) is 0 Å². The Bertz CT molecular complexity index is 636. The number of hydrogen-bond donors (Lipinski definition) is 0. The van der Waals surface area contributed by atoms with Crippen molar-refractivity contribution in [2.45, 2.75) is 24.8 Å². The van der Waals surface area contributed by atoms with Crippen LogP contribution in [-0.2, 0) is 15.5 Å². The summed E-state index contributed by atoms with van der Waals surface area (Å²) in [6.45, 7) is 3.34. The molecule has 0 amide bonds. The summed E-state index contributed by atoms with van der Waals surface area (Å²) in [5.41, 5.74) is 0.377. The van der Waals surface area contributed by atoms with Gasteiger partial charge in [-0.2, -0.15) is 4.98 Å². The summed E-state index contributed by atoms with van der Waals surface area (Å²) in [7, 11) is -1.07. The molecule has 1 aromatic carbocycles. The van der Waals surface area contributed by atoms with E-state index in [0.29, 0.717) is 16.3 Å². The fourth-order valence-corrected chi connectivity index (χ4v) is 2.06. The molecular weight excluding hydrogens is 280 g/mol. The van der Waals surface area contributed by atoms with Crippen molar-refractivity contribution in [1.29, 1.82) is 0 Å². The SMILES string of the molecule is Cc1noc([C@@H](C)OC(=O)c2ccc([S@](C)=O)cc2)n1. The van der Waals surface area contributed by atoms with Gasteiger partial charge in [-0.15, -0.1) is 0 Å². The van der Waals surface area contributed by atoms with E-state index < -0.39 is 22.9 Å². The van der Waals surface area contributed by atoms with Gasteiger partial charge in [-0.3, -0.25) is 4.21 Å². The van der Waals surface area contributed by atoms with E-state index in [1.165, 1.54) is 0 Å². The van der Waals surface area contributed by atoms with Crippen molar-refractivity contribution in [2.75, 3.05) is 6.26 Å². The number of ether oxygens (including phenoxy) is 1. The summed E-state index contributed by atoms with van der Waals surface area (Å²) in [6.07, 6.45) is 0.955. The molecule has 2 rings (SSSR count). The molecule has 2 aromatic rings. The Kier molecular flexibility index (Phi) is 4.29. The summed E-state index contributed by atoms with van der Waals surface area (Å²) in [4.78, 5) is 16.6. The molecule has 0 unspecified atom stereocenters. The van der Waals surface area contributed by atoms with Crippen LogP contribution in [-0.4, -0.2) is 26.6 Å². The molecule has 0 N–H and O–H groups in total. The van der Waals surface area contributed by atoms with Gasteiger partial charge in [0.05, 0.1) is 5.56 Å². The number of esters is 1. The van der Waals surface area contributed by atoms with Crippen LogP contribution < -0.4 is 0 Å². The minimum atomic E-state index is -1.07. The Morgan fingerprint density at radius 3 is 2.50 bits per heavy atom. The summed E-state index contributed by atoms with van der Waals surface area (Å²) in [5.74, 6) is 0.238. The molecule has 7 heteroatoms. The minimum Gasteiger partial charge on any atom is -0.449 e. The van der Waals surface area contributed by atoms with Crippen LogP contribution in [0.4, 0.5) is 0 Å². The van der Waals surface area contributed by atoms with Crippen LogP contribution in [0.2, 0.25) is 0 Å². The third kappa shape index (κ3) is 3.30. The molecule has 0 aliphatic heterocycles. The lowest BCUT2D eigenvalue weighted by molar-refractivity contribution is 0.0265. The molecule has 0 aliphatic carbocycles. The Morgan fingerprint density at radius 2 is 2.00 bits per heavy atom. The number of benzene rings is 1. The van der Waals surface area contributed by atoms with Crippen molar-refractivity contribution in [3.63, 3.8) is 0 Å². The number of aryl methyl sites for hydroxylation is 1. The van der Waals surface area contributed by atoms with E-state index in [1.807, 2.05) is 0 Å². The molecule has 20 heavy (non-hydrogen) atoms. The van der Waals surface area contributed by atoms with Gasteiger partial charge in [0.1, 0.15) is 0 Å². The van der Waals surface area contributed by atoms with Crippen molar-refractivity contribution < 1.29 is 18.3 Å². The predicted octanol–water partition coefficient (Wildman–Crippen LogP) is 2.03. The van der Waals surface area contributed by atoms with Gasteiger partial charge < -0.3 is 9.26 Å². The molecule has 0 spiro atoms. The van der Waals surface area contributed by atoms with Crippen molar-refractivity contribution >= 4 is 16.8 Å². The molecule has 0 fully saturated rings. The van der Waals surface area contributed by atoms with Gasteiger partial charge in [-0.05, 0) is 38.1 Å². The fourth-order valence-electron chi connectivity index (χ4n) is 1.54. The van der Waals surface area contributed by atoms with Crippen LogP contribution >= 0.6 is 0 Å². The van der Waals surface area contributed by atoms with Gasteiger partial charge in [0, 0.05) is 22.0 Å². The molecule has 0 aliphatic rings. The number of aromatic nitrogens is 2. The molecule has 1 aromatic heterocycles. The topological polar surface area (TPSA) is 82.3 Å². The first-order valence-corrected chi connectivity index (χ1v) is 7.48. The van der Waals surface area contributed by atoms with Crippen molar-refractivity contribution in [2.24, 2.45) is 0 Å². The van der Waals surface area contributed by atoms with Gasteiger partial charge in [0.15, 0.2) is 11.9 Å². The Balaban J connectivity index is 2.06. The highest BCUT2D eigenvalue weighted by atomic mass is 32.2. The highest BCUT2D eigenvalue weighted by Gasteiger charge is 2.18. The highest BCUT2D eigenvalue weighted by molar-refractivity contribution is 7.84. The van der Waals surface area contributed by atoms with E-state index in [1.54, 1.807) is 44.4 Å². The Morgan fingerprint density at radius 1 is 1.35 bits per heavy atom. The zero-order chi connectivity index (χ0) is 14.7. The van der Waals surface area contributed by atoms with E-state index >= 15 is 0 Å². The van der Waals surface area contributed by atoms with E-state index in [4.69, 9.17) is 9.26 Å². The van der Waals surface area contributed by atoms with Crippen LogP contribution in [0.1, 0.15) is 35.1 Å². The zero-order valence-electron chi connectivity index (χ0n) is 11.3. The van der Waals surface area contributed by atoms with Gasteiger partial charge in [-0.1, -0.05) is 5.16 Å². The number of rotatable bonds is 4. The Labute approximate surface area is 118 Å². The second-order valence-electron chi connectivity index (χ2n) is 4.21. The first-order valence-electron chi connectivity index (χ1n) is 5.92. The maximum Gasteiger partial charge on any atom is 0.338 e. The van der Waals surface area contributed by atoms with Crippen LogP contribution in [0.25, 0.3) is 0 Å². The number of carbonyl (C=O) groups is 1. The molecule has 1 heterocycles. The average Bonchev–Trinajstić information content (AvgIpc) is 2.85. The second-order valence-corrected chi connectivity index (χ2v) is 5.59. The fraction of sp³-hybridized carbons (Fsp3) is 0.308. The van der Waals surface area contributed by atoms with Crippen LogP contribution in [0, 0.1) is 6.92 Å². The lowest BCUT2D eigenvalue weighted by Gasteiger charge is -2.09. The monoisotopic (exact) mass is 294 g/mol. The van der Waals surface area contributed by atoms with Crippen LogP contribution in [0.15, 0.2) is 33.7 Å². The van der Waals surface area contributed by atoms with E-state index in [0.717, 1.165) is 0 Å². The number of carbonyl (C=O) groups excluding carboxylic acids is 1. The largest absolute Gasteiger partial charge is 0.449 e. The van der Waals surface area contributed by atoms with Gasteiger partial charge in [0.2, 0.25) is 0 Å². The maximum absolute atomic E-state index is 11.9. The quantitative estimate of drug-likeness (QED) is 0.802. The van der Waals surface area contributed by atoms with E-state index in [2.05, 4.69) is 10.1 Å². The normalized spacial score (nSPS) is 13.8. The van der Waals surface area contributed by atoms with Gasteiger partial charge in [-0.25, -0.2) is 4.79 Å². The molecule has 0 bridgehead atoms. The molecule has 0 saturated carbocycles. The molecular formula is C13H14N2O4S. The molecule has 0 saturated heterocycles. The van der Waals surface area contributed by atoms with Crippen molar-refractivity contribution in [3.8, 4) is 0 Å². The van der Waals surface area contributed by atoms with Crippen molar-refractivity contribution in [3.05, 3.63) is 41.5 Å². The van der Waals surface area contributed by atoms with Gasteiger partial charge in [0.25, 0.3) is 5.89 Å². The zero-order valence-corrected chi connectivity index (χ0v) is 12.1. The molecule has 6 nitrogen and oxygen atoms in total. The van der Waals surface area contributed by atoms with Gasteiger partial charge >= 0.3 is 5.97 Å². The lowest BCUT2D eigenvalue weighted by atomic mass is 10.2. The smallest absolute Gasteiger partial charge is 0.338 e. The van der Waals surface area contributed by atoms with Crippen LogP contribution in [0.3, 0.4) is 0 Å².